The molecule has 0 amide bonds. The number of para-hydroxylation sites is 1. The molecule has 1 aliphatic rings. The van der Waals surface area contributed by atoms with Gasteiger partial charge in [-0.05, 0) is 18.2 Å². The maximum atomic E-state index is 12.4. The van der Waals surface area contributed by atoms with Crippen molar-refractivity contribution in [1.82, 2.24) is 4.98 Å². The van der Waals surface area contributed by atoms with Crippen LogP contribution in [0.3, 0.4) is 0 Å². The first kappa shape index (κ1) is 11.5. The largest absolute Gasteiger partial charge is 0.488 e. The van der Waals surface area contributed by atoms with Crippen LogP contribution in [-0.4, -0.2) is 21.8 Å². The number of fused-ring (bicyclic) bond motifs is 2. The van der Waals surface area contributed by atoms with Gasteiger partial charge < -0.3 is 14.8 Å². The molecule has 1 aliphatic heterocycles. The van der Waals surface area contributed by atoms with Gasteiger partial charge >= 0.3 is 5.97 Å². The van der Waals surface area contributed by atoms with Crippen molar-refractivity contribution in [3.63, 3.8) is 0 Å². The van der Waals surface area contributed by atoms with Crippen molar-refractivity contribution in [2.75, 3.05) is 0 Å². The van der Waals surface area contributed by atoms with Crippen molar-refractivity contribution in [1.29, 1.82) is 0 Å². The number of rotatable bonds is 2. The van der Waals surface area contributed by atoms with E-state index in [0.717, 1.165) is 0 Å². The summed E-state index contributed by atoms with van der Waals surface area (Å²) < 4.78 is 5.58. The molecular weight excluding hydrogens is 246 g/mol. The van der Waals surface area contributed by atoms with Crippen molar-refractivity contribution in [2.24, 2.45) is 0 Å². The number of aromatic nitrogens is 1. The molecule has 0 saturated heterocycles. The van der Waals surface area contributed by atoms with E-state index in [4.69, 9.17) is 9.84 Å². The minimum Gasteiger partial charge on any atom is -0.488 e. The van der Waals surface area contributed by atoms with Gasteiger partial charge in [-0.25, -0.2) is 0 Å². The molecule has 0 radical (unpaired) electrons. The molecule has 0 aliphatic carbocycles. The van der Waals surface area contributed by atoms with E-state index in [0.29, 0.717) is 28.3 Å². The Morgan fingerprint density at radius 2 is 2.16 bits per heavy atom. The second-order valence-electron chi connectivity index (χ2n) is 4.38. The molecule has 96 valence electrons. The summed E-state index contributed by atoms with van der Waals surface area (Å²) >= 11 is 0. The van der Waals surface area contributed by atoms with Gasteiger partial charge in [-0.1, -0.05) is 12.1 Å². The zero-order chi connectivity index (χ0) is 13.4. The van der Waals surface area contributed by atoms with Crippen LogP contribution < -0.4 is 4.74 Å². The topological polar surface area (TPSA) is 79.4 Å². The third-order valence-corrected chi connectivity index (χ3v) is 3.04. The Morgan fingerprint density at radius 1 is 1.37 bits per heavy atom. The highest BCUT2D eigenvalue weighted by Gasteiger charge is 2.24. The standard InChI is InChI=1S/C14H11NO4/c16-12(17)6-9-5-8-7-19-11-4-2-1-3-10(11)14(18)13(8)15-9/h1-5,15H,6-7H2,(H,16,17). The summed E-state index contributed by atoms with van der Waals surface area (Å²) in [5, 5.41) is 8.77. The van der Waals surface area contributed by atoms with E-state index >= 15 is 0 Å². The third-order valence-electron chi connectivity index (χ3n) is 3.04. The summed E-state index contributed by atoms with van der Waals surface area (Å²) in [6.07, 6.45) is -0.137. The Labute approximate surface area is 108 Å². The van der Waals surface area contributed by atoms with Crippen LogP contribution in [0.1, 0.15) is 27.3 Å². The van der Waals surface area contributed by atoms with Crippen molar-refractivity contribution in [3.05, 3.63) is 52.8 Å². The number of carboxylic acids is 1. The fourth-order valence-electron chi connectivity index (χ4n) is 2.20. The highest BCUT2D eigenvalue weighted by molar-refractivity contribution is 6.10. The highest BCUT2D eigenvalue weighted by Crippen LogP contribution is 2.28. The minimum absolute atomic E-state index is 0.137. The molecule has 0 bridgehead atoms. The normalized spacial score (nSPS) is 13.2. The van der Waals surface area contributed by atoms with Gasteiger partial charge in [0.05, 0.1) is 17.7 Å². The molecule has 19 heavy (non-hydrogen) atoms. The molecule has 1 aromatic carbocycles. The average Bonchev–Trinajstić information content (AvgIpc) is 2.72. The number of carbonyl (C=O) groups excluding carboxylic acids is 1. The van der Waals surface area contributed by atoms with Gasteiger partial charge in [0.25, 0.3) is 0 Å². The van der Waals surface area contributed by atoms with Crippen molar-refractivity contribution < 1.29 is 19.4 Å². The van der Waals surface area contributed by atoms with Crippen LogP contribution >= 0.6 is 0 Å². The molecule has 1 aromatic heterocycles. The number of aromatic amines is 1. The summed E-state index contributed by atoms with van der Waals surface area (Å²) in [5.41, 5.74) is 2.11. The summed E-state index contributed by atoms with van der Waals surface area (Å²) in [5.74, 6) is -0.554. The molecule has 0 saturated carbocycles. The second kappa shape index (κ2) is 4.28. The number of benzene rings is 1. The lowest BCUT2D eigenvalue weighted by Gasteiger charge is -2.04. The fraction of sp³-hybridized carbons (Fsp3) is 0.143. The van der Waals surface area contributed by atoms with E-state index < -0.39 is 5.97 Å². The number of hydrogen-bond acceptors (Lipinski definition) is 3. The molecular formula is C14H11NO4. The summed E-state index contributed by atoms with van der Waals surface area (Å²) in [4.78, 5) is 25.9. The number of ketones is 1. The molecule has 5 nitrogen and oxygen atoms in total. The quantitative estimate of drug-likeness (QED) is 0.859. The third kappa shape index (κ3) is 1.99. The monoisotopic (exact) mass is 257 g/mol. The maximum Gasteiger partial charge on any atom is 0.309 e. The molecule has 0 fully saturated rings. The fourth-order valence-corrected chi connectivity index (χ4v) is 2.20. The number of ether oxygens (including phenoxy) is 1. The lowest BCUT2D eigenvalue weighted by Crippen LogP contribution is -2.04. The molecule has 2 N–H and O–H groups in total. The zero-order valence-corrected chi connectivity index (χ0v) is 9.97. The average molecular weight is 257 g/mol. The Balaban J connectivity index is 2.05. The number of nitrogens with one attached hydrogen (secondary N) is 1. The first-order chi connectivity index (χ1) is 9.15. The molecule has 3 rings (SSSR count). The van der Waals surface area contributed by atoms with Crippen LogP contribution in [-0.2, 0) is 17.8 Å². The zero-order valence-electron chi connectivity index (χ0n) is 9.97. The maximum absolute atomic E-state index is 12.4. The Bertz CT molecular complexity index is 672. The Hall–Kier alpha value is -2.56. The molecule has 5 heteroatoms. The smallest absolute Gasteiger partial charge is 0.309 e. The number of H-pyrrole nitrogens is 1. The SMILES string of the molecule is O=C(O)Cc1cc2c([nH]1)C(=O)c1ccccc1OC2. The van der Waals surface area contributed by atoms with Gasteiger partial charge in [0.2, 0.25) is 5.78 Å². The van der Waals surface area contributed by atoms with Crippen LogP contribution in [0.25, 0.3) is 0 Å². The molecule has 0 spiro atoms. The predicted molar refractivity (Wildman–Crippen MR) is 66.3 cm³/mol. The van der Waals surface area contributed by atoms with Gasteiger partial charge in [0, 0.05) is 11.3 Å². The van der Waals surface area contributed by atoms with Crippen LogP contribution in [0, 0.1) is 0 Å². The predicted octanol–water partition coefficient (Wildman–Crippen LogP) is 1.77. The van der Waals surface area contributed by atoms with Crippen LogP contribution in [0.15, 0.2) is 30.3 Å². The van der Waals surface area contributed by atoms with E-state index in [2.05, 4.69) is 4.98 Å². The first-order valence-corrected chi connectivity index (χ1v) is 5.84. The second-order valence-corrected chi connectivity index (χ2v) is 4.38. The molecule has 2 aromatic rings. The van der Waals surface area contributed by atoms with Gasteiger partial charge in [-0.15, -0.1) is 0 Å². The number of aliphatic carboxylic acids is 1. The van der Waals surface area contributed by atoms with E-state index in [1.807, 2.05) is 6.07 Å². The number of carbonyl (C=O) groups is 2. The lowest BCUT2D eigenvalue weighted by atomic mass is 10.1. The highest BCUT2D eigenvalue weighted by atomic mass is 16.5. The summed E-state index contributed by atoms with van der Waals surface area (Å²) in [7, 11) is 0. The van der Waals surface area contributed by atoms with Gasteiger partial charge in [-0.3, -0.25) is 9.59 Å². The van der Waals surface area contributed by atoms with Gasteiger partial charge in [-0.2, -0.15) is 0 Å². The van der Waals surface area contributed by atoms with E-state index in [1.165, 1.54) is 0 Å². The van der Waals surface area contributed by atoms with Crippen LogP contribution in [0.2, 0.25) is 0 Å². The number of hydrogen-bond donors (Lipinski definition) is 2. The van der Waals surface area contributed by atoms with Crippen molar-refractivity contribution in [3.8, 4) is 5.75 Å². The first-order valence-electron chi connectivity index (χ1n) is 5.84. The van der Waals surface area contributed by atoms with Crippen LogP contribution in [0.4, 0.5) is 0 Å². The van der Waals surface area contributed by atoms with Gasteiger partial charge in [0.15, 0.2) is 0 Å². The van der Waals surface area contributed by atoms with Gasteiger partial charge in [0.1, 0.15) is 12.4 Å². The van der Waals surface area contributed by atoms with Crippen molar-refractivity contribution >= 4 is 11.8 Å². The lowest BCUT2D eigenvalue weighted by molar-refractivity contribution is -0.136. The van der Waals surface area contributed by atoms with E-state index in [-0.39, 0.29) is 18.8 Å². The van der Waals surface area contributed by atoms with E-state index in [1.54, 1.807) is 24.3 Å². The summed E-state index contributed by atoms with van der Waals surface area (Å²) in [6.45, 7) is 0.258. The van der Waals surface area contributed by atoms with Crippen LogP contribution in [0.5, 0.6) is 5.75 Å². The van der Waals surface area contributed by atoms with Crippen molar-refractivity contribution in [2.45, 2.75) is 13.0 Å². The molecule has 2 heterocycles. The molecule has 0 unspecified atom stereocenters. The van der Waals surface area contributed by atoms with E-state index in [9.17, 15) is 9.59 Å². The Morgan fingerprint density at radius 3 is 2.95 bits per heavy atom. The minimum atomic E-state index is -0.940. The number of carboxylic acid groups (broad SMARTS) is 1. The summed E-state index contributed by atoms with van der Waals surface area (Å²) in [6, 6.07) is 8.70. The molecule has 0 atom stereocenters. The Kier molecular flexibility index (Phi) is 2.59.